The van der Waals surface area contributed by atoms with Gasteiger partial charge in [-0.25, -0.2) is 4.79 Å². The zero-order valence-electron chi connectivity index (χ0n) is 10.0. The fourth-order valence-corrected chi connectivity index (χ4v) is 1.44. The molecule has 0 fully saturated rings. The van der Waals surface area contributed by atoms with E-state index in [1.54, 1.807) is 6.92 Å². The van der Waals surface area contributed by atoms with Crippen LogP contribution in [0.15, 0.2) is 21.9 Å². The van der Waals surface area contributed by atoms with E-state index in [1.165, 1.54) is 16.8 Å². The minimum Gasteiger partial charge on any atom is -0.466 e. The minimum absolute atomic E-state index is 0.0245. The van der Waals surface area contributed by atoms with Crippen molar-refractivity contribution in [2.24, 2.45) is 0 Å². The molecule has 0 amide bonds. The Balaban J connectivity index is 2.87. The van der Waals surface area contributed by atoms with E-state index < -0.39 is 17.2 Å². The van der Waals surface area contributed by atoms with Crippen LogP contribution in [0, 0.1) is 0 Å². The van der Waals surface area contributed by atoms with Crippen LogP contribution in [0.1, 0.15) is 20.3 Å². The van der Waals surface area contributed by atoms with Crippen molar-refractivity contribution in [3.8, 4) is 0 Å². The van der Waals surface area contributed by atoms with Gasteiger partial charge in [-0.15, -0.1) is 0 Å². The molecule has 0 radical (unpaired) electrons. The summed E-state index contributed by atoms with van der Waals surface area (Å²) in [5, 5.41) is 0. The summed E-state index contributed by atoms with van der Waals surface area (Å²) >= 11 is 0. The van der Waals surface area contributed by atoms with Gasteiger partial charge in [0.25, 0.3) is 5.56 Å². The zero-order chi connectivity index (χ0) is 12.8. The molecular weight excluding hydrogens is 224 g/mol. The smallest absolute Gasteiger partial charge is 0.330 e. The topological polar surface area (TPSA) is 70.3 Å². The molecule has 0 unspecified atom stereocenters. The molecule has 1 heterocycles. The summed E-state index contributed by atoms with van der Waals surface area (Å²) in [6, 6.07) is 1.32. The van der Waals surface area contributed by atoms with Gasteiger partial charge in [-0.2, -0.15) is 0 Å². The van der Waals surface area contributed by atoms with Crippen LogP contribution < -0.4 is 11.2 Å². The highest BCUT2D eigenvalue weighted by Gasteiger charge is 2.07. The van der Waals surface area contributed by atoms with Gasteiger partial charge in [0.1, 0.15) is 0 Å². The molecule has 1 aromatic rings. The molecule has 0 saturated heterocycles. The third-order valence-electron chi connectivity index (χ3n) is 2.33. The van der Waals surface area contributed by atoms with Crippen molar-refractivity contribution in [1.29, 1.82) is 0 Å². The summed E-state index contributed by atoms with van der Waals surface area (Å²) in [5.41, 5.74) is -0.798. The molecule has 0 aliphatic carbocycles. The Morgan fingerprint density at radius 3 is 2.65 bits per heavy atom. The van der Waals surface area contributed by atoms with Crippen molar-refractivity contribution in [3.05, 3.63) is 33.1 Å². The average Bonchev–Trinajstić information content (AvgIpc) is 2.29. The maximum atomic E-state index is 11.8. The molecule has 1 rings (SSSR count). The van der Waals surface area contributed by atoms with E-state index in [-0.39, 0.29) is 13.0 Å². The molecule has 0 N–H and O–H groups in total. The molecule has 6 nitrogen and oxygen atoms in total. The zero-order valence-corrected chi connectivity index (χ0v) is 10.0. The number of rotatable bonds is 5. The normalized spacial score (nSPS) is 10.2. The largest absolute Gasteiger partial charge is 0.466 e. The van der Waals surface area contributed by atoms with Gasteiger partial charge >= 0.3 is 11.7 Å². The fraction of sp³-hybridized carbons (Fsp3) is 0.545. The summed E-state index contributed by atoms with van der Waals surface area (Å²) in [6.45, 7) is 4.34. The van der Waals surface area contributed by atoms with E-state index in [4.69, 9.17) is 4.74 Å². The highest BCUT2D eigenvalue weighted by Crippen LogP contribution is 1.89. The van der Waals surface area contributed by atoms with Gasteiger partial charge in [-0.1, -0.05) is 0 Å². The average molecular weight is 240 g/mol. The Morgan fingerprint density at radius 2 is 2.06 bits per heavy atom. The summed E-state index contributed by atoms with van der Waals surface area (Å²) in [7, 11) is 0. The minimum atomic E-state index is -0.411. The van der Waals surface area contributed by atoms with Crippen LogP contribution in [0.4, 0.5) is 0 Å². The lowest BCUT2D eigenvalue weighted by Crippen LogP contribution is -2.39. The van der Waals surface area contributed by atoms with Gasteiger partial charge in [0.05, 0.1) is 13.0 Å². The second-order valence-electron chi connectivity index (χ2n) is 3.43. The number of hydrogen-bond acceptors (Lipinski definition) is 4. The summed E-state index contributed by atoms with van der Waals surface area (Å²) < 4.78 is 7.19. The number of nitrogens with zero attached hydrogens (tertiary/aromatic N) is 2. The van der Waals surface area contributed by atoms with Crippen LogP contribution in [0.5, 0.6) is 0 Å². The van der Waals surface area contributed by atoms with Crippen LogP contribution in [0.2, 0.25) is 0 Å². The summed E-state index contributed by atoms with van der Waals surface area (Å²) in [4.78, 5) is 34.4. The standard InChI is InChI=1S/C11H16N2O4/c1-3-12-7-5-9(14)13(11(12)16)8-6-10(15)17-4-2/h5,7H,3-4,6,8H2,1-2H3. The fourth-order valence-electron chi connectivity index (χ4n) is 1.44. The van der Waals surface area contributed by atoms with E-state index in [0.717, 1.165) is 4.57 Å². The van der Waals surface area contributed by atoms with Gasteiger partial charge in [-0.05, 0) is 13.8 Å². The first-order valence-electron chi connectivity index (χ1n) is 5.56. The van der Waals surface area contributed by atoms with Gasteiger partial charge in [0.2, 0.25) is 0 Å². The summed E-state index contributed by atoms with van der Waals surface area (Å²) in [5.74, 6) is -0.411. The van der Waals surface area contributed by atoms with Gasteiger partial charge in [-0.3, -0.25) is 14.2 Å². The summed E-state index contributed by atoms with van der Waals surface area (Å²) in [6.07, 6.45) is 1.47. The van der Waals surface area contributed by atoms with Gasteiger partial charge in [0, 0.05) is 25.4 Å². The second-order valence-corrected chi connectivity index (χ2v) is 3.43. The first-order valence-corrected chi connectivity index (χ1v) is 5.56. The quantitative estimate of drug-likeness (QED) is 0.678. The Hall–Kier alpha value is -1.85. The number of aromatic nitrogens is 2. The number of aryl methyl sites for hydroxylation is 1. The van der Waals surface area contributed by atoms with Crippen LogP contribution in [0.3, 0.4) is 0 Å². The molecule has 0 aliphatic heterocycles. The molecule has 0 spiro atoms. The molecule has 0 saturated carbocycles. The molecule has 94 valence electrons. The maximum absolute atomic E-state index is 11.8. The van der Waals surface area contributed by atoms with Crippen LogP contribution in [-0.2, 0) is 22.6 Å². The van der Waals surface area contributed by atoms with Gasteiger partial charge in [0.15, 0.2) is 0 Å². The molecule has 6 heteroatoms. The molecule has 1 aromatic heterocycles. The monoisotopic (exact) mass is 240 g/mol. The van der Waals surface area contributed by atoms with E-state index in [9.17, 15) is 14.4 Å². The SMILES string of the molecule is CCOC(=O)CCn1c(=O)ccn(CC)c1=O. The van der Waals surface area contributed by atoms with Crippen LogP contribution in [0.25, 0.3) is 0 Å². The predicted octanol–water partition coefficient (Wildman–Crippen LogP) is -0.0169. The Bertz CT molecular complexity index is 501. The Kier molecular flexibility index (Phi) is 4.68. The third-order valence-corrected chi connectivity index (χ3v) is 2.33. The highest BCUT2D eigenvalue weighted by molar-refractivity contribution is 5.69. The molecule has 17 heavy (non-hydrogen) atoms. The first kappa shape index (κ1) is 13.2. The van der Waals surface area contributed by atoms with E-state index in [0.29, 0.717) is 13.2 Å². The number of esters is 1. The van der Waals surface area contributed by atoms with Crippen molar-refractivity contribution in [1.82, 2.24) is 9.13 Å². The number of carbonyl (C=O) groups excluding carboxylic acids is 1. The number of carbonyl (C=O) groups is 1. The van der Waals surface area contributed by atoms with E-state index >= 15 is 0 Å². The van der Waals surface area contributed by atoms with E-state index in [1.807, 2.05) is 6.92 Å². The Labute approximate surface area is 98.4 Å². The van der Waals surface area contributed by atoms with Crippen LogP contribution >= 0.6 is 0 Å². The Morgan fingerprint density at radius 1 is 1.35 bits per heavy atom. The number of hydrogen-bond donors (Lipinski definition) is 0. The molecular formula is C11H16N2O4. The first-order chi connectivity index (χ1) is 8.10. The molecule has 0 aromatic carbocycles. The predicted molar refractivity (Wildman–Crippen MR) is 61.9 cm³/mol. The maximum Gasteiger partial charge on any atom is 0.330 e. The molecule has 0 bridgehead atoms. The van der Waals surface area contributed by atoms with Crippen molar-refractivity contribution in [2.75, 3.05) is 6.61 Å². The lowest BCUT2D eigenvalue weighted by Gasteiger charge is -2.07. The number of ether oxygens (including phenoxy) is 1. The van der Waals surface area contributed by atoms with Gasteiger partial charge < -0.3 is 9.30 Å². The lowest BCUT2D eigenvalue weighted by molar-refractivity contribution is -0.143. The second kappa shape index (κ2) is 6.03. The third kappa shape index (κ3) is 3.30. The van der Waals surface area contributed by atoms with Crippen LogP contribution in [-0.4, -0.2) is 21.7 Å². The lowest BCUT2D eigenvalue weighted by atomic mass is 10.4. The molecule has 0 aliphatic rings. The highest BCUT2D eigenvalue weighted by atomic mass is 16.5. The van der Waals surface area contributed by atoms with Crippen molar-refractivity contribution in [2.45, 2.75) is 33.4 Å². The van der Waals surface area contributed by atoms with Crippen molar-refractivity contribution < 1.29 is 9.53 Å². The van der Waals surface area contributed by atoms with Crippen molar-refractivity contribution in [3.63, 3.8) is 0 Å². The molecule has 0 atom stereocenters. The van der Waals surface area contributed by atoms with Crippen molar-refractivity contribution >= 4 is 5.97 Å². The van der Waals surface area contributed by atoms with E-state index in [2.05, 4.69) is 0 Å².